The number of hydrogen-bond donors (Lipinski definition) is 1. The molecule has 0 amide bonds. The Balaban J connectivity index is 2.97. The van der Waals surface area contributed by atoms with E-state index in [1.807, 2.05) is 33.0 Å². The summed E-state index contributed by atoms with van der Waals surface area (Å²) in [4.78, 5) is 2.18. The average molecular weight is 245 g/mol. The van der Waals surface area contributed by atoms with E-state index >= 15 is 0 Å². The molecule has 0 spiro atoms. The Hall–Kier alpha value is -1.37. The van der Waals surface area contributed by atoms with Crippen LogP contribution in [0.25, 0.3) is 0 Å². The number of rotatable bonds is 5. The van der Waals surface area contributed by atoms with Crippen LogP contribution in [-0.2, 0) is 0 Å². The van der Waals surface area contributed by atoms with Gasteiger partial charge in [-0.15, -0.1) is 0 Å². The SMILES string of the molecule is Cc1ccccc1C(C(C)N)N(C)CC(C)C#N. The molecule has 0 saturated heterocycles. The van der Waals surface area contributed by atoms with Crippen molar-refractivity contribution >= 4 is 0 Å². The number of hydrogen-bond acceptors (Lipinski definition) is 3. The van der Waals surface area contributed by atoms with Crippen LogP contribution in [0.2, 0.25) is 0 Å². The summed E-state index contributed by atoms with van der Waals surface area (Å²) in [5, 5.41) is 8.92. The van der Waals surface area contributed by atoms with Gasteiger partial charge in [-0.25, -0.2) is 0 Å². The van der Waals surface area contributed by atoms with Crippen LogP contribution in [0.1, 0.15) is 31.0 Å². The molecule has 0 heterocycles. The van der Waals surface area contributed by atoms with E-state index in [1.165, 1.54) is 11.1 Å². The van der Waals surface area contributed by atoms with E-state index in [0.29, 0.717) is 0 Å². The maximum Gasteiger partial charge on any atom is 0.0666 e. The van der Waals surface area contributed by atoms with Gasteiger partial charge in [-0.3, -0.25) is 4.90 Å². The lowest BCUT2D eigenvalue weighted by molar-refractivity contribution is 0.204. The van der Waals surface area contributed by atoms with Crippen LogP contribution in [0.3, 0.4) is 0 Å². The highest BCUT2D eigenvalue weighted by molar-refractivity contribution is 5.29. The van der Waals surface area contributed by atoms with Gasteiger partial charge in [0.05, 0.1) is 12.0 Å². The highest BCUT2D eigenvalue weighted by Crippen LogP contribution is 2.25. The molecule has 3 heteroatoms. The van der Waals surface area contributed by atoms with Gasteiger partial charge >= 0.3 is 0 Å². The molecule has 98 valence electrons. The molecule has 3 atom stereocenters. The molecule has 0 aliphatic rings. The number of nitrogens with two attached hydrogens (primary N) is 1. The van der Waals surface area contributed by atoms with Crippen molar-refractivity contribution in [3.63, 3.8) is 0 Å². The van der Waals surface area contributed by atoms with E-state index in [0.717, 1.165) is 6.54 Å². The lowest BCUT2D eigenvalue weighted by atomic mass is 9.95. The Kier molecular flexibility index (Phi) is 5.33. The molecular formula is C15H23N3. The van der Waals surface area contributed by atoms with Crippen molar-refractivity contribution in [3.05, 3.63) is 35.4 Å². The molecule has 0 radical (unpaired) electrons. The maximum atomic E-state index is 8.92. The van der Waals surface area contributed by atoms with E-state index in [2.05, 4.69) is 30.0 Å². The lowest BCUT2D eigenvalue weighted by Crippen LogP contribution is -2.39. The Morgan fingerprint density at radius 3 is 2.44 bits per heavy atom. The molecule has 1 aromatic carbocycles. The molecule has 1 aromatic rings. The minimum Gasteiger partial charge on any atom is -0.326 e. The van der Waals surface area contributed by atoms with Crippen LogP contribution >= 0.6 is 0 Å². The third-order valence-electron chi connectivity index (χ3n) is 3.26. The first kappa shape index (κ1) is 14.7. The van der Waals surface area contributed by atoms with E-state index in [1.54, 1.807) is 0 Å². The summed E-state index contributed by atoms with van der Waals surface area (Å²) in [5.74, 6) is 0.0141. The Morgan fingerprint density at radius 1 is 1.33 bits per heavy atom. The smallest absolute Gasteiger partial charge is 0.0666 e. The van der Waals surface area contributed by atoms with Crippen LogP contribution in [0, 0.1) is 24.2 Å². The quantitative estimate of drug-likeness (QED) is 0.867. The monoisotopic (exact) mass is 245 g/mol. The Labute approximate surface area is 110 Å². The van der Waals surface area contributed by atoms with Crippen molar-refractivity contribution in [3.8, 4) is 6.07 Å². The first-order chi connectivity index (χ1) is 8.47. The maximum absolute atomic E-state index is 8.92. The van der Waals surface area contributed by atoms with E-state index in [-0.39, 0.29) is 18.0 Å². The zero-order chi connectivity index (χ0) is 13.7. The fourth-order valence-corrected chi connectivity index (χ4v) is 2.43. The second-order valence-corrected chi connectivity index (χ2v) is 5.13. The van der Waals surface area contributed by atoms with Crippen LogP contribution in [0.15, 0.2) is 24.3 Å². The standard InChI is InChI=1S/C15H23N3/c1-11(9-16)10-18(4)15(13(3)17)14-8-6-5-7-12(14)2/h5-8,11,13,15H,10,17H2,1-4H3. The summed E-state index contributed by atoms with van der Waals surface area (Å²) in [6, 6.07) is 10.8. The highest BCUT2D eigenvalue weighted by atomic mass is 15.1. The largest absolute Gasteiger partial charge is 0.326 e. The number of benzene rings is 1. The Morgan fingerprint density at radius 2 is 1.94 bits per heavy atom. The Bertz CT molecular complexity index is 420. The normalized spacial score (nSPS) is 16.1. The van der Waals surface area contributed by atoms with Crippen molar-refractivity contribution in [1.82, 2.24) is 4.90 Å². The van der Waals surface area contributed by atoms with Crippen molar-refractivity contribution in [2.24, 2.45) is 11.7 Å². The molecule has 3 nitrogen and oxygen atoms in total. The van der Waals surface area contributed by atoms with Gasteiger partial charge in [-0.1, -0.05) is 24.3 Å². The van der Waals surface area contributed by atoms with Gasteiger partial charge < -0.3 is 5.73 Å². The van der Waals surface area contributed by atoms with Gasteiger partial charge in [0.2, 0.25) is 0 Å². The second kappa shape index (κ2) is 6.53. The number of aryl methyl sites for hydroxylation is 1. The highest BCUT2D eigenvalue weighted by Gasteiger charge is 2.23. The summed E-state index contributed by atoms with van der Waals surface area (Å²) in [5.41, 5.74) is 8.63. The lowest BCUT2D eigenvalue weighted by Gasteiger charge is -2.33. The van der Waals surface area contributed by atoms with Crippen molar-refractivity contribution in [2.75, 3.05) is 13.6 Å². The zero-order valence-electron chi connectivity index (χ0n) is 11.7. The topological polar surface area (TPSA) is 53.0 Å². The minimum atomic E-state index is 0.0141. The molecule has 1 rings (SSSR count). The molecule has 0 aliphatic heterocycles. The summed E-state index contributed by atoms with van der Waals surface area (Å²) >= 11 is 0. The predicted octanol–water partition coefficient (Wildman–Crippen LogP) is 2.47. The number of likely N-dealkylation sites (N-methyl/N-ethyl adjacent to an activating group) is 1. The third-order valence-corrected chi connectivity index (χ3v) is 3.26. The fraction of sp³-hybridized carbons (Fsp3) is 0.533. The molecule has 0 aromatic heterocycles. The van der Waals surface area contributed by atoms with Gasteiger partial charge in [0, 0.05) is 18.6 Å². The predicted molar refractivity (Wildman–Crippen MR) is 75.0 cm³/mol. The molecule has 0 aliphatic carbocycles. The molecule has 18 heavy (non-hydrogen) atoms. The van der Waals surface area contributed by atoms with E-state index in [4.69, 9.17) is 11.0 Å². The zero-order valence-corrected chi connectivity index (χ0v) is 11.7. The second-order valence-electron chi connectivity index (χ2n) is 5.13. The van der Waals surface area contributed by atoms with Crippen LogP contribution < -0.4 is 5.73 Å². The summed E-state index contributed by atoms with van der Waals surface area (Å²) in [7, 11) is 2.04. The number of nitriles is 1. The van der Waals surface area contributed by atoms with Gasteiger partial charge in [-0.2, -0.15) is 5.26 Å². The van der Waals surface area contributed by atoms with Crippen LogP contribution in [-0.4, -0.2) is 24.5 Å². The van der Waals surface area contributed by atoms with Crippen molar-refractivity contribution < 1.29 is 0 Å². The first-order valence-corrected chi connectivity index (χ1v) is 6.38. The van der Waals surface area contributed by atoms with E-state index < -0.39 is 0 Å². The molecule has 0 bridgehead atoms. The summed E-state index contributed by atoms with van der Waals surface area (Å²) in [6.45, 7) is 6.79. The summed E-state index contributed by atoms with van der Waals surface area (Å²) < 4.78 is 0. The molecule has 3 unspecified atom stereocenters. The average Bonchev–Trinajstić information content (AvgIpc) is 2.31. The molecule has 0 saturated carbocycles. The van der Waals surface area contributed by atoms with Crippen molar-refractivity contribution in [1.29, 1.82) is 5.26 Å². The minimum absolute atomic E-state index is 0.0141. The molecule has 2 N–H and O–H groups in total. The van der Waals surface area contributed by atoms with Gasteiger partial charge in [0.25, 0.3) is 0 Å². The molecular weight excluding hydrogens is 222 g/mol. The third kappa shape index (κ3) is 3.56. The van der Waals surface area contributed by atoms with Gasteiger partial charge in [0.1, 0.15) is 0 Å². The summed E-state index contributed by atoms with van der Waals surface area (Å²) in [6.07, 6.45) is 0. The van der Waals surface area contributed by atoms with Crippen LogP contribution in [0.5, 0.6) is 0 Å². The molecule has 0 fully saturated rings. The van der Waals surface area contributed by atoms with Crippen LogP contribution in [0.4, 0.5) is 0 Å². The van der Waals surface area contributed by atoms with E-state index in [9.17, 15) is 0 Å². The van der Waals surface area contributed by atoms with Gasteiger partial charge in [-0.05, 0) is 38.9 Å². The van der Waals surface area contributed by atoms with Gasteiger partial charge in [0.15, 0.2) is 0 Å². The first-order valence-electron chi connectivity index (χ1n) is 6.38. The fourth-order valence-electron chi connectivity index (χ4n) is 2.43. The van der Waals surface area contributed by atoms with Crippen molar-refractivity contribution in [2.45, 2.75) is 32.9 Å². The number of nitrogens with zero attached hydrogens (tertiary/aromatic N) is 2.